The minimum atomic E-state index is -0.830. The standard InChI is InChI=1S/C83H75N5O.Pt/c1-79(2,3)57-39-42-68-74(49-57)87(61-31-20-15-21-32-61)75-50-58(80(4,5)6)40-43-69(75)83(68)67-35-22-23-36-71(67)88(77-51-59(45-46-84-77)81(7,8)9)76-53-64(41-44-70(76)83)89-63-34-26-33-62(52-63)85-54-86(73-38-25-24-37-72(73)85)78-65(55-27-16-13-17-28-55)47-60(82(10,11)12)48-66(78)56-29-18-14-19-30-56;/h13-51H,1-12H3;/q-2;. The van der Waals surface area contributed by atoms with Crippen LogP contribution in [0.3, 0.4) is 0 Å². The second-order valence-electron chi connectivity index (χ2n) is 28.3. The molecule has 450 valence electrons. The first-order valence-electron chi connectivity index (χ1n) is 31.4. The number of fused-ring (bicyclic) bond motifs is 9. The predicted octanol–water partition coefficient (Wildman–Crippen LogP) is 21.8. The van der Waals surface area contributed by atoms with Crippen molar-refractivity contribution in [2.75, 3.05) is 9.80 Å². The van der Waals surface area contributed by atoms with Crippen LogP contribution in [0.25, 0.3) is 44.7 Å². The summed E-state index contributed by atoms with van der Waals surface area (Å²) in [6, 6.07) is 92.3. The van der Waals surface area contributed by atoms with E-state index < -0.39 is 5.41 Å². The van der Waals surface area contributed by atoms with Gasteiger partial charge in [0.1, 0.15) is 0 Å². The van der Waals surface area contributed by atoms with E-state index in [4.69, 9.17) is 9.72 Å². The monoisotopic (exact) mass is 1350 g/mol. The smallest absolute Gasteiger partial charge is 0.310 e. The number of imidazole rings is 1. The van der Waals surface area contributed by atoms with Gasteiger partial charge in [-0.1, -0.05) is 123 Å². The Bertz CT molecular complexity index is 4690. The van der Waals surface area contributed by atoms with E-state index in [2.05, 4.69) is 358 Å². The Morgan fingerprint density at radius 2 is 0.889 bits per heavy atom. The molecule has 2 aliphatic heterocycles. The third-order valence-electron chi connectivity index (χ3n) is 18.2. The van der Waals surface area contributed by atoms with E-state index in [1.165, 1.54) is 33.4 Å². The zero-order chi connectivity index (χ0) is 62.6. The van der Waals surface area contributed by atoms with Gasteiger partial charge in [-0.25, -0.2) is 0 Å². The van der Waals surface area contributed by atoms with Gasteiger partial charge in [0, 0.05) is 11.9 Å². The molecule has 0 fully saturated rings. The number of aromatic nitrogens is 3. The molecule has 12 aromatic rings. The van der Waals surface area contributed by atoms with Crippen LogP contribution in [0.15, 0.2) is 237 Å². The Labute approximate surface area is 542 Å². The number of hydrogen-bond acceptors (Lipinski definition) is 4. The van der Waals surface area contributed by atoms with E-state index in [-0.39, 0.29) is 21.7 Å². The van der Waals surface area contributed by atoms with Gasteiger partial charge < -0.3 is 4.90 Å². The molecule has 90 heavy (non-hydrogen) atoms. The molecule has 0 amide bonds. The summed E-state index contributed by atoms with van der Waals surface area (Å²) in [5.74, 6) is 1.93. The van der Waals surface area contributed by atoms with Gasteiger partial charge in [-0.05, 0) is 63.3 Å². The van der Waals surface area contributed by atoms with E-state index in [0.29, 0.717) is 11.5 Å². The minimum Gasteiger partial charge on any atom is -0.310 e. The molecule has 0 radical (unpaired) electrons. The molecule has 10 aromatic carbocycles. The van der Waals surface area contributed by atoms with Gasteiger partial charge in [-0.3, -0.25) is 0 Å². The molecule has 2 aromatic heterocycles. The molecular weight excluding hydrogens is 1280 g/mol. The van der Waals surface area contributed by atoms with Crippen molar-refractivity contribution in [1.82, 2.24) is 14.1 Å². The Balaban J connectivity index is 0.983. The van der Waals surface area contributed by atoms with Crippen LogP contribution in [0.1, 0.15) is 128 Å². The van der Waals surface area contributed by atoms with Crippen molar-refractivity contribution < 1.29 is 24.1 Å². The quantitative estimate of drug-likeness (QED) is 0.142. The van der Waals surface area contributed by atoms with Crippen molar-refractivity contribution in [1.29, 1.82) is 0 Å². The zero-order valence-electron chi connectivity index (χ0n) is 53.5. The molecule has 0 atom stereocenters. The average Bonchev–Trinajstić information content (AvgIpc) is 0.818. The molecule has 0 unspecified atom stereocenters. The van der Waals surface area contributed by atoms with E-state index in [1.807, 2.05) is 12.3 Å². The van der Waals surface area contributed by atoms with Gasteiger partial charge in [0.25, 0.3) is 0 Å². The van der Waals surface area contributed by atoms with Crippen LogP contribution in [-0.4, -0.2) is 14.1 Å². The first-order valence-corrected chi connectivity index (χ1v) is 32.5. The van der Waals surface area contributed by atoms with Crippen LogP contribution in [0, 0.1) is 15.9 Å². The van der Waals surface area contributed by atoms with Crippen molar-refractivity contribution in [2.45, 2.75) is 110 Å². The second kappa shape index (κ2) is 21.8. The number of para-hydroxylation sites is 4. The van der Waals surface area contributed by atoms with Crippen LogP contribution < -0.4 is 14.5 Å². The summed E-state index contributed by atoms with van der Waals surface area (Å²) in [5.41, 5.74) is 22.2. The van der Waals surface area contributed by atoms with Gasteiger partial charge in [-0.15, -0.1) is 0 Å². The number of ether oxygens (including phenoxy) is 1. The van der Waals surface area contributed by atoms with E-state index in [1.54, 1.807) is 0 Å². The summed E-state index contributed by atoms with van der Waals surface area (Å²) in [4.78, 5) is 10.1. The van der Waals surface area contributed by atoms with E-state index in [9.17, 15) is 0 Å². The Kier molecular flexibility index (Phi) is 14.2. The summed E-state index contributed by atoms with van der Waals surface area (Å²) in [5, 5.41) is 0. The van der Waals surface area contributed by atoms with Gasteiger partial charge in [0.2, 0.25) is 0 Å². The molecule has 0 N–H and O–H groups in total. The third kappa shape index (κ3) is 9.90. The number of rotatable bonds is 8. The Hall–Kier alpha value is -9.09. The maximum atomic E-state index is 7.21. The van der Waals surface area contributed by atoms with Crippen molar-refractivity contribution >= 4 is 45.3 Å². The number of benzene rings is 10. The minimum absolute atomic E-state index is 0.106. The molecular formula is C83H75N5OPt-2. The molecule has 14 rings (SSSR count). The fourth-order valence-corrected chi connectivity index (χ4v) is 14.6. The van der Waals surface area contributed by atoms with Crippen molar-refractivity contribution in [3.63, 3.8) is 0 Å². The predicted molar refractivity (Wildman–Crippen MR) is 368 cm³/mol. The molecule has 4 heterocycles. The Morgan fingerprint density at radius 1 is 0.400 bits per heavy atom. The van der Waals surface area contributed by atoms with Crippen molar-refractivity contribution in [3.8, 4) is 45.1 Å². The van der Waals surface area contributed by atoms with E-state index >= 15 is 0 Å². The SMILES string of the molecule is CC(C)(C)c1ccnc(N2c3[c-]c(Oc4[c-]c(-n5[c](=[Pt])n(-c6c(-c7ccccc7)cc(C(C)(C)C)cc6-c6ccccc6)c6ccccc65)ccc4)ccc3C3(c4ccccc42)c2ccc(C(C)(C)C)cc2N(c2ccccc2)c2cc(C(C)(C)C)ccc23)c1. The normalized spacial score (nSPS) is 13.7. The van der Waals surface area contributed by atoms with Crippen molar-refractivity contribution in [2.24, 2.45) is 0 Å². The first kappa shape index (κ1) is 58.6. The maximum absolute atomic E-state index is 7.21. The van der Waals surface area contributed by atoms with Crippen LogP contribution in [0.5, 0.6) is 11.5 Å². The van der Waals surface area contributed by atoms with E-state index in [0.717, 1.165) is 93.8 Å². The second-order valence-corrected chi connectivity index (χ2v) is 29.3. The summed E-state index contributed by atoms with van der Waals surface area (Å²) >= 11 is 2.53. The molecule has 0 bridgehead atoms. The molecule has 0 aliphatic carbocycles. The molecule has 7 heteroatoms. The topological polar surface area (TPSA) is 38.5 Å². The Morgan fingerprint density at radius 3 is 1.47 bits per heavy atom. The van der Waals surface area contributed by atoms with Gasteiger partial charge in [0.05, 0.1) is 11.4 Å². The van der Waals surface area contributed by atoms with Crippen LogP contribution in [-0.2, 0) is 46.4 Å². The molecule has 0 saturated heterocycles. The van der Waals surface area contributed by atoms with Crippen LogP contribution >= 0.6 is 0 Å². The summed E-state index contributed by atoms with van der Waals surface area (Å²) in [6.07, 6.45) is 1.95. The molecule has 1 spiro atoms. The fourth-order valence-electron chi connectivity index (χ4n) is 13.5. The molecule has 2 aliphatic rings. The van der Waals surface area contributed by atoms with Gasteiger partial charge in [0.15, 0.2) is 0 Å². The van der Waals surface area contributed by atoms with Crippen LogP contribution in [0.4, 0.5) is 34.3 Å². The van der Waals surface area contributed by atoms with Gasteiger partial charge >= 0.3 is 331 Å². The fraction of sp³-hybridized carbons (Fsp3) is 0.205. The first-order chi connectivity index (χ1) is 43.1. The number of hydrogen-bond donors (Lipinski definition) is 0. The number of nitrogens with zero attached hydrogens (tertiary/aromatic N) is 5. The zero-order valence-corrected chi connectivity index (χ0v) is 55.7. The third-order valence-corrected chi connectivity index (χ3v) is 19.3. The van der Waals surface area contributed by atoms with Crippen molar-refractivity contribution in [3.05, 3.63) is 297 Å². The summed E-state index contributed by atoms with van der Waals surface area (Å²) < 4.78 is 12.9. The van der Waals surface area contributed by atoms with Gasteiger partial charge in [-0.2, -0.15) is 0 Å². The summed E-state index contributed by atoms with van der Waals surface area (Å²) in [6.45, 7) is 27.6. The number of anilines is 6. The summed E-state index contributed by atoms with van der Waals surface area (Å²) in [7, 11) is 0. The number of pyridine rings is 1. The molecule has 6 nitrogen and oxygen atoms in total. The van der Waals surface area contributed by atoms with Crippen LogP contribution in [0.2, 0.25) is 0 Å². The average molecular weight is 1350 g/mol. The molecule has 0 saturated carbocycles.